The Morgan fingerprint density at radius 1 is 1.48 bits per heavy atom. The lowest BCUT2D eigenvalue weighted by Crippen LogP contribution is -2.46. The van der Waals surface area contributed by atoms with Gasteiger partial charge in [-0.3, -0.25) is 4.79 Å². The summed E-state index contributed by atoms with van der Waals surface area (Å²) in [6.45, 7) is 2.88. The number of aliphatic hydroxyl groups is 1. The Hall–Kier alpha value is -1.12. The van der Waals surface area contributed by atoms with Gasteiger partial charge in [0.1, 0.15) is 0 Å². The van der Waals surface area contributed by atoms with E-state index in [4.69, 9.17) is 0 Å². The number of alkyl halides is 3. The Balaban J connectivity index is 1.55. The van der Waals surface area contributed by atoms with Crippen molar-refractivity contribution in [2.45, 2.75) is 51.1 Å². The van der Waals surface area contributed by atoms with Gasteiger partial charge in [0.25, 0.3) is 0 Å². The maximum atomic E-state index is 12.5. The molecule has 1 saturated carbocycles. The first-order chi connectivity index (χ1) is 11.7. The fraction of sp³-hybridized carbons (Fsp3) is 0.706. The molecule has 0 aromatic carbocycles. The van der Waals surface area contributed by atoms with Crippen molar-refractivity contribution in [3.8, 4) is 0 Å². The third-order valence-corrected chi connectivity index (χ3v) is 6.25. The number of carbonyl (C=O) groups excluding carboxylic acids is 1. The molecule has 1 aliphatic carbocycles. The summed E-state index contributed by atoms with van der Waals surface area (Å²) < 4.78 is 37.5. The molecule has 0 bridgehead atoms. The zero-order valence-electron chi connectivity index (χ0n) is 14.1. The van der Waals surface area contributed by atoms with Crippen molar-refractivity contribution >= 4 is 17.2 Å². The molecule has 1 saturated heterocycles. The Labute approximate surface area is 149 Å². The van der Waals surface area contributed by atoms with E-state index in [-0.39, 0.29) is 23.9 Å². The van der Waals surface area contributed by atoms with Crippen LogP contribution in [-0.4, -0.2) is 58.8 Å². The summed E-state index contributed by atoms with van der Waals surface area (Å²) in [5.41, 5.74) is 1.16. The number of β-amino-alcohol motifs (C(OH)–C–C–N with tert-alkyl or cyclic N) is 1. The molecule has 1 amide bonds. The molecule has 2 unspecified atom stereocenters. The molecule has 25 heavy (non-hydrogen) atoms. The fourth-order valence-corrected chi connectivity index (χ4v) is 4.51. The van der Waals surface area contributed by atoms with Crippen LogP contribution in [0.5, 0.6) is 0 Å². The fourth-order valence-electron chi connectivity index (χ4n) is 3.85. The van der Waals surface area contributed by atoms with Crippen molar-refractivity contribution in [1.82, 2.24) is 9.80 Å². The van der Waals surface area contributed by atoms with Gasteiger partial charge < -0.3 is 14.9 Å². The molecule has 1 N–H and O–H groups in total. The number of carbonyl (C=O) groups is 1. The number of hydrogen-bond donors (Lipinski definition) is 1. The normalized spacial score (nSPS) is 24.3. The number of amides is 1. The Bertz CT molecular complexity index is 598. The number of hydrogen-bond acceptors (Lipinski definition) is 4. The van der Waals surface area contributed by atoms with Crippen LogP contribution in [0.15, 0.2) is 16.8 Å². The number of piperidine rings is 1. The molecule has 2 atom stereocenters. The van der Waals surface area contributed by atoms with Crippen LogP contribution >= 0.6 is 11.3 Å². The minimum absolute atomic E-state index is 0.0430. The summed E-state index contributed by atoms with van der Waals surface area (Å²) in [5, 5.41) is 13.2. The van der Waals surface area contributed by atoms with E-state index in [9.17, 15) is 23.1 Å². The highest BCUT2D eigenvalue weighted by atomic mass is 32.1. The highest BCUT2D eigenvalue weighted by Gasteiger charge is 2.58. The van der Waals surface area contributed by atoms with Gasteiger partial charge in [0, 0.05) is 26.1 Å². The minimum Gasteiger partial charge on any atom is -0.382 e. The summed E-state index contributed by atoms with van der Waals surface area (Å²) in [5.74, 6) is 0.0444. The zero-order chi connectivity index (χ0) is 18.2. The third kappa shape index (κ3) is 4.17. The molecule has 1 aromatic heterocycles. The largest absolute Gasteiger partial charge is 0.415 e. The van der Waals surface area contributed by atoms with E-state index >= 15 is 0 Å². The Morgan fingerprint density at radius 2 is 2.16 bits per heavy atom. The second kappa shape index (κ2) is 6.89. The number of aliphatic hydroxyl groups excluding tert-OH is 1. The maximum absolute atomic E-state index is 12.5. The van der Waals surface area contributed by atoms with E-state index in [1.807, 2.05) is 21.7 Å². The molecule has 3 rings (SSSR count). The second-order valence-electron chi connectivity index (χ2n) is 7.22. The lowest BCUT2D eigenvalue weighted by molar-refractivity contribution is -0.209. The third-order valence-electron chi connectivity index (χ3n) is 5.52. The van der Waals surface area contributed by atoms with Gasteiger partial charge in [0.05, 0.1) is 0 Å². The highest BCUT2D eigenvalue weighted by molar-refractivity contribution is 7.07. The van der Waals surface area contributed by atoms with E-state index < -0.39 is 12.3 Å². The van der Waals surface area contributed by atoms with Crippen LogP contribution in [-0.2, 0) is 11.3 Å². The monoisotopic (exact) mass is 376 g/mol. The predicted octanol–water partition coefficient (Wildman–Crippen LogP) is 2.87. The molecule has 4 nitrogen and oxygen atoms in total. The van der Waals surface area contributed by atoms with E-state index in [2.05, 4.69) is 0 Å². The van der Waals surface area contributed by atoms with Crippen molar-refractivity contribution in [3.63, 3.8) is 0 Å². The van der Waals surface area contributed by atoms with E-state index in [0.29, 0.717) is 19.6 Å². The Morgan fingerprint density at radius 3 is 2.68 bits per heavy atom. The first kappa shape index (κ1) is 18.7. The van der Waals surface area contributed by atoms with Gasteiger partial charge >= 0.3 is 6.18 Å². The summed E-state index contributed by atoms with van der Waals surface area (Å²) in [6, 6.07) is 2.19. The lowest BCUT2D eigenvalue weighted by atomic mass is 9.92. The summed E-state index contributed by atoms with van der Waals surface area (Å²) in [6.07, 6.45) is -4.38. The van der Waals surface area contributed by atoms with Gasteiger partial charge in [-0.25, -0.2) is 0 Å². The minimum atomic E-state index is -4.57. The molecule has 2 aliphatic rings. The number of halogens is 3. The van der Waals surface area contributed by atoms with Gasteiger partial charge in [-0.05, 0) is 60.2 Å². The van der Waals surface area contributed by atoms with Crippen LogP contribution in [0.2, 0.25) is 0 Å². The molecular weight excluding hydrogens is 353 g/mol. The molecule has 140 valence electrons. The maximum Gasteiger partial charge on any atom is 0.415 e. The van der Waals surface area contributed by atoms with E-state index in [1.165, 1.54) is 0 Å². The van der Waals surface area contributed by atoms with Crippen molar-refractivity contribution in [3.05, 3.63) is 22.4 Å². The summed E-state index contributed by atoms with van der Waals surface area (Å²) in [4.78, 5) is 15.6. The van der Waals surface area contributed by atoms with Crippen LogP contribution in [0.3, 0.4) is 0 Å². The second-order valence-corrected chi connectivity index (χ2v) is 8.00. The first-order valence-corrected chi connectivity index (χ1v) is 9.41. The standard InChI is InChI=1S/C17H23F3N2O2S/c1-12(23)22(9-13-2-7-25-11-13)14-8-16(14)3-5-21(6-4-16)10-15(24)17(18,19)20/h2,7,11,14-15,24H,3-6,8-10H2,1H3. The lowest BCUT2D eigenvalue weighted by Gasteiger charge is -2.35. The first-order valence-electron chi connectivity index (χ1n) is 8.47. The number of nitrogens with zero attached hydrogens (tertiary/aromatic N) is 2. The topological polar surface area (TPSA) is 43.8 Å². The van der Waals surface area contributed by atoms with Gasteiger partial charge in [-0.2, -0.15) is 24.5 Å². The molecule has 2 heterocycles. The molecule has 0 radical (unpaired) electrons. The van der Waals surface area contributed by atoms with Crippen LogP contribution in [0.4, 0.5) is 13.2 Å². The van der Waals surface area contributed by atoms with Crippen LogP contribution in [0.25, 0.3) is 0 Å². The van der Waals surface area contributed by atoms with Crippen LogP contribution in [0, 0.1) is 5.41 Å². The predicted molar refractivity (Wildman–Crippen MR) is 89.1 cm³/mol. The van der Waals surface area contributed by atoms with E-state index in [1.54, 1.807) is 23.2 Å². The summed E-state index contributed by atoms with van der Waals surface area (Å²) in [7, 11) is 0. The van der Waals surface area contributed by atoms with Gasteiger partial charge in [-0.1, -0.05) is 0 Å². The smallest absolute Gasteiger partial charge is 0.382 e. The number of likely N-dealkylation sites (tertiary alicyclic amines) is 1. The number of rotatable bonds is 5. The highest BCUT2D eigenvalue weighted by Crippen LogP contribution is 2.57. The molecule has 1 spiro atoms. The molecule has 1 aromatic rings. The van der Waals surface area contributed by atoms with Gasteiger partial charge in [-0.15, -0.1) is 0 Å². The Kier molecular flexibility index (Phi) is 5.14. The SMILES string of the molecule is CC(=O)N(Cc1ccsc1)C1CC12CCN(CC(O)C(F)(F)F)CC2. The van der Waals surface area contributed by atoms with Crippen molar-refractivity contribution in [1.29, 1.82) is 0 Å². The molecule has 8 heteroatoms. The van der Waals surface area contributed by atoms with Crippen molar-refractivity contribution in [2.24, 2.45) is 5.41 Å². The van der Waals surface area contributed by atoms with Crippen LogP contribution < -0.4 is 0 Å². The molecule has 1 aliphatic heterocycles. The van der Waals surface area contributed by atoms with Crippen molar-refractivity contribution < 1.29 is 23.1 Å². The van der Waals surface area contributed by atoms with E-state index in [0.717, 1.165) is 24.8 Å². The van der Waals surface area contributed by atoms with Gasteiger partial charge in [0.15, 0.2) is 6.10 Å². The van der Waals surface area contributed by atoms with Crippen molar-refractivity contribution in [2.75, 3.05) is 19.6 Å². The average molecular weight is 376 g/mol. The average Bonchev–Trinajstić information content (AvgIpc) is 2.96. The van der Waals surface area contributed by atoms with Crippen LogP contribution in [0.1, 0.15) is 31.7 Å². The molecule has 2 fully saturated rings. The zero-order valence-corrected chi connectivity index (χ0v) is 14.9. The number of thiophene rings is 1. The quantitative estimate of drug-likeness (QED) is 0.859. The van der Waals surface area contributed by atoms with Gasteiger partial charge in [0.2, 0.25) is 5.91 Å². The summed E-state index contributed by atoms with van der Waals surface area (Å²) >= 11 is 1.60. The molecular formula is C17H23F3N2O2S.